The molecule has 0 unspecified atom stereocenters. The zero-order chi connectivity index (χ0) is 12.9. The van der Waals surface area contributed by atoms with Crippen LogP contribution in [0.5, 0.6) is 0 Å². The van der Waals surface area contributed by atoms with E-state index < -0.39 is 0 Å². The van der Waals surface area contributed by atoms with Crippen LogP contribution >= 0.6 is 0 Å². The number of carbonyl (C=O) groups excluding carboxylic acids is 1. The maximum absolute atomic E-state index is 11.1. The summed E-state index contributed by atoms with van der Waals surface area (Å²) in [5.74, 6) is -0.166. The summed E-state index contributed by atoms with van der Waals surface area (Å²) in [6, 6.07) is 0.479. The summed E-state index contributed by atoms with van der Waals surface area (Å²) in [7, 11) is 1.44. The van der Waals surface area contributed by atoms with Crippen LogP contribution in [0, 0.1) is 0 Å². The van der Waals surface area contributed by atoms with Gasteiger partial charge in [0.2, 0.25) is 0 Å². The molecule has 0 amide bonds. The first-order valence-electron chi connectivity index (χ1n) is 7.04. The first-order chi connectivity index (χ1) is 8.24. The molecule has 0 aliphatic heterocycles. The van der Waals surface area contributed by atoms with Crippen molar-refractivity contribution < 1.29 is 9.53 Å². The highest BCUT2D eigenvalue weighted by atomic mass is 16.5. The molecule has 17 heavy (non-hydrogen) atoms. The van der Waals surface area contributed by atoms with Crippen molar-refractivity contribution in [3.8, 4) is 0 Å². The van der Waals surface area contributed by atoms with E-state index in [1.54, 1.807) is 0 Å². The Hall–Kier alpha value is -0.570. The van der Waals surface area contributed by atoms with Crippen molar-refractivity contribution in [1.82, 2.24) is 5.32 Å². The molecular formula is C14H29NO2. The van der Waals surface area contributed by atoms with Crippen LogP contribution in [-0.4, -0.2) is 25.7 Å². The zero-order valence-electron chi connectivity index (χ0n) is 11.8. The Bertz CT molecular complexity index is 173. The zero-order valence-corrected chi connectivity index (χ0v) is 11.8. The molecule has 0 atom stereocenters. The van der Waals surface area contributed by atoms with Gasteiger partial charge in [-0.25, -0.2) is 0 Å². The van der Waals surface area contributed by atoms with Crippen molar-refractivity contribution in [3.05, 3.63) is 0 Å². The Labute approximate surface area is 106 Å². The molecule has 3 nitrogen and oxygen atoms in total. The van der Waals surface area contributed by atoms with E-state index in [4.69, 9.17) is 0 Å². The third-order valence-corrected chi connectivity index (χ3v) is 3.08. The maximum atomic E-state index is 11.1. The number of hydrogen-bond donors (Lipinski definition) is 1. The standard InChI is InChI=1S/C14H29NO2/c1-4-6-8-10-13(11-9-7-5-2)15-12-14(16)17-3/h13,15H,4-12H2,1-3H3. The van der Waals surface area contributed by atoms with Gasteiger partial charge in [0.15, 0.2) is 0 Å². The van der Waals surface area contributed by atoms with Gasteiger partial charge < -0.3 is 10.1 Å². The molecule has 0 aliphatic rings. The van der Waals surface area contributed by atoms with Crippen LogP contribution < -0.4 is 5.32 Å². The van der Waals surface area contributed by atoms with E-state index in [1.807, 2.05) is 0 Å². The molecule has 102 valence electrons. The van der Waals surface area contributed by atoms with E-state index in [2.05, 4.69) is 23.9 Å². The summed E-state index contributed by atoms with van der Waals surface area (Å²) in [6.07, 6.45) is 9.91. The third-order valence-electron chi connectivity index (χ3n) is 3.08. The van der Waals surface area contributed by atoms with E-state index >= 15 is 0 Å². The molecule has 0 heterocycles. The Morgan fingerprint density at radius 2 is 1.59 bits per heavy atom. The van der Waals surface area contributed by atoms with Crippen LogP contribution in [0.1, 0.15) is 65.2 Å². The second kappa shape index (κ2) is 11.9. The number of hydrogen-bond acceptors (Lipinski definition) is 3. The van der Waals surface area contributed by atoms with E-state index in [-0.39, 0.29) is 5.97 Å². The van der Waals surface area contributed by atoms with Crippen molar-refractivity contribution >= 4 is 5.97 Å². The third kappa shape index (κ3) is 10.3. The predicted molar refractivity (Wildman–Crippen MR) is 72.1 cm³/mol. The fraction of sp³-hybridized carbons (Fsp3) is 0.929. The Kier molecular flexibility index (Phi) is 11.5. The first-order valence-corrected chi connectivity index (χ1v) is 7.04. The highest BCUT2D eigenvalue weighted by Gasteiger charge is 2.09. The molecule has 0 saturated carbocycles. The van der Waals surface area contributed by atoms with Crippen molar-refractivity contribution in [2.45, 2.75) is 71.3 Å². The molecule has 0 fully saturated rings. The minimum atomic E-state index is -0.166. The summed E-state index contributed by atoms with van der Waals surface area (Å²) in [5, 5.41) is 3.31. The monoisotopic (exact) mass is 243 g/mol. The SMILES string of the molecule is CCCCCC(CCCCC)NCC(=O)OC. The molecule has 0 saturated heterocycles. The van der Waals surface area contributed by atoms with Crippen LogP contribution in [0.15, 0.2) is 0 Å². The fourth-order valence-electron chi connectivity index (χ4n) is 1.93. The number of methoxy groups -OCH3 is 1. The smallest absolute Gasteiger partial charge is 0.319 e. The second-order valence-corrected chi connectivity index (χ2v) is 4.65. The molecule has 0 aliphatic carbocycles. The van der Waals surface area contributed by atoms with Crippen LogP contribution in [0.4, 0.5) is 0 Å². The summed E-state index contributed by atoms with van der Waals surface area (Å²) in [4.78, 5) is 11.1. The van der Waals surface area contributed by atoms with Crippen molar-refractivity contribution in [2.24, 2.45) is 0 Å². The van der Waals surface area contributed by atoms with E-state index in [1.165, 1.54) is 58.5 Å². The minimum Gasteiger partial charge on any atom is -0.468 e. The van der Waals surface area contributed by atoms with Gasteiger partial charge in [0.1, 0.15) is 0 Å². The Balaban J connectivity index is 3.79. The fourth-order valence-corrected chi connectivity index (χ4v) is 1.93. The van der Waals surface area contributed by atoms with Gasteiger partial charge in [-0.3, -0.25) is 4.79 Å². The van der Waals surface area contributed by atoms with Gasteiger partial charge in [0, 0.05) is 6.04 Å². The Morgan fingerprint density at radius 3 is 2.00 bits per heavy atom. The lowest BCUT2D eigenvalue weighted by Gasteiger charge is -2.17. The topological polar surface area (TPSA) is 38.3 Å². The number of nitrogens with one attached hydrogen (secondary N) is 1. The first kappa shape index (κ1) is 16.4. The highest BCUT2D eigenvalue weighted by Crippen LogP contribution is 2.10. The quantitative estimate of drug-likeness (QED) is 0.447. The second-order valence-electron chi connectivity index (χ2n) is 4.65. The van der Waals surface area contributed by atoms with Gasteiger partial charge in [-0.1, -0.05) is 52.4 Å². The van der Waals surface area contributed by atoms with Gasteiger partial charge in [-0.05, 0) is 12.8 Å². The van der Waals surface area contributed by atoms with E-state index in [0.29, 0.717) is 12.6 Å². The average Bonchev–Trinajstić information content (AvgIpc) is 2.35. The number of esters is 1. The lowest BCUT2D eigenvalue weighted by molar-refractivity contribution is -0.139. The van der Waals surface area contributed by atoms with Gasteiger partial charge in [0.05, 0.1) is 13.7 Å². The number of ether oxygens (including phenoxy) is 1. The molecule has 0 radical (unpaired) electrons. The van der Waals surface area contributed by atoms with E-state index in [9.17, 15) is 4.79 Å². The molecule has 0 aromatic carbocycles. The lowest BCUT2D eigenvalue weighted by atomic mass is 10.0. The lowest BCUT2D eigenvalue weighted by Crippen LogP contribution is -2.34. The largest absolute Gasteiger partial charge is 0.468 e. The summed E-state index contributed by atoms with van der Waals surface area (Å²) in [5.41, 5.74) is 0. The summed E-state index contributed by atoms with van der Waals surface area (Å²) >= 11 is 0. The van der Waals surface area contributed by atoms with Crippen LogP contribution in [0.2, 0.25) is 0 Å². The van der Waals surface area contributed by atoms with E-state index in [0.717, 1.165) is 0 Å². The molecule has 0 aromatic rings. The molecule has 0 bridgehead atoms. The van der Waals surface area contributed by atoms with Crippen LogP contribution in [-0.2, 0) is 9.53 Å². The maximum Gasteiger partial charge on any atom is 0.319 e. The van der Waals surface area contributed by atoms with Crippen LogP contribution in [0.3, 0.4) is 0 Å². The van der Waals surface area contributed by atoms with Gasteiger partial charge in [-0.2, -0.15) is 0 Å². The highest BCUT2D eigenvalue weighted by molar-refractivity contribution is 5.71. The molecule has 0 aromatic heterocycles. The Morgan fingerprint density at radius 1 is 1.06 bits per heavy atom. The van der Waals surface area contributed by atoms with Crippen molar-refractivity contribution in [1.29, 1.82) is 0 Å². The van der Waals surface area contributed by atoms with Crippen molar-refractivity contribution in [3.63, 3.8) is 0 Å². The molecular weight excluding hydrogens is 214 g/mol. The van der Waals surface area contributed by atoms with Crippen molar-refractivity contribution in [2.75, 3.05) is 13.7 Å². The number of unbranched alkanes of at least 4 members (excludes halogenated alkanes) is 4. The normalized spacial score (nSPS) is 10.8. The minimum absolute atomic E-state index is 0.166. The number of rotatable bonds is 11. The molecule has 3 heteroatoms. The summed E-state index contributed by atoms with van der Waals surface area (Å²) < 4.78 is 4.65. The van der Waals surface area contributed by atoms with Gasteiger partial charge >= 0.3 is 5.97 Å². The molecule has 0 rings (SSSR count). The number of carbonyl (C=O) groups is 1. The predicted octanol–water partition coefficient (Wildman–Crippen LogP) is 3.28. The van der Waals surface area contributed by atoms with Crippen LogP contribution in [0.25, 0.3) is 0 Å². The molecule has 1 N–H and O–H groups in total. The average molecular weight is 243 g/mol. The summed E-state index contributed by atoms with van der Waals surface area (Å²) in [6.45, 7) is 4.78. The van der Waals surface area contributed by atoms with Gasteiger partial charge in [-0.15, -0.1) is 0 Å². The molecule has 0 spiro atoms. The van der Waals surface area contributed by atoms with Gasteiger partial charge in [0.25, 0.3) is 0 Å².